The van der Waals surface area contributed by atoms with E-state index in [-0.39, 0.29) is 12.0 Å². The van der Waals surface area contributed by atoms with Gasteiger partial charge in [-0.1, -0.05) is 21.5 Å². The Balaban J connectivity index is 1.43. The molecule has 0 fully saturated rings. The van der Waals surface area contributed by atoms with Gasteiger partial charge in [0.05, 0.1) is 16.8 Å². The summed E-state index contributed by atoms with van der Waals surface area (Å²) in [5, 5.41) is 6.56. The van der Waals surface area contributed by atoms with E-state index < -0.39 is 0 Å². The van der Waals surface area contributed by atoms with Gasteiger partial charge in [0.1, 0.15) is 5.00 Å². The van der Waals surface area contributed by atoms with Crippen LogP contribution >= 0.6 is 39.0 Å². The molecule has 6 nitrogen and oxygen atoms in total. The van der Waals surface area contributed by atoms with E-state index in [9.17, 15) is 9.59 Å². The summed E-state index contributed by atoms with van der Waals surface area (Å²) in [5.74, 6) is -0.0698. The van der Waals surface area contributed by atoms with E-state index in [1.807, 2.05) is 11.8 Å². The maximum Gasteiger partial charge on any atom is 0.341 e. The minimum Gasteiger partial charge on any atom is -0.465 e. The molecule has 0 saturated carbocycles. The fourth-order valence-corrected chi connectivity index (χ4v) is 8.15. The number of esters is 1. The minimum atomic E-state index is -0.367. The number of fused-ring (bicyclic) bond motifs is 1. The monoisotopic (exact) mass is 499 g/mol. The maximum absolute atomic E-state index is 12.6. The van der Waals surface area contributed by atoms with Crippen molar-refractivity contribution < 1.29 is 14.3 Å². The third kappa shape index (κ3) is 4.38. The van der Waals surface area contributed by atoms with E-state index in [0.29, 0.717) is 27.2 Å². The fraction of sp³-hybridized carbons (Fsp3) is 0.600. The standard InChI is InChI=1S/C20H26BrN3O3S2/c1-24-8-7-11-13(17(21)28-15(11)10-24)9-22-20(26)23-18-16(19(25)27-2)12-5-3-4-6-14(12)29-18/h13,17H,3-10H2,1-2H3,(H2,22,23,26). The lowest BCUT2D eigenvalue weighted by Gasteiger charge is -2.26. The van der Waals surface area contributed by atoms with Gasteiger partial charge < -0.3 is 15.0 Å². The molecule has 3 heterocycles. The Morgan fingerprint density at radius 2 is 2.07 bits per heavy atom. The molecule has 2 unspecified atom stereocenters. The number of rotatable bonds is 4. The maximum atomic E-state index is 12.6. The number of hydrogen-bond acceptors (Lipinski definition) is 6. The number of halogens is 1. The zero-order valence-electron chi connectivity index (χ0n) is 16.7. The molecule has 4 rings (SSSR count). The van der Waals surface area contributed by atoms with Crippen molar-refractivity contribution in [2.75, 3.05) is 39.1 Å². The Labute approximate surface area is 187 Å². The van der Waals surface area contributed by atoms with Crippen molar-refractivity contribution in [2.24, 2.45) is 5.92 Å². The molecule has 2 N–H and O–H groups in total. The quantitative estimate of drug-likeness (QED) is 0.479. The molecule has 3 aliphatic rings. The van der Waals surface area contributed by atoms with Crippen molar-refractivity contribution in [2.45, 2.75) is 36.3 Å². The highest BCUT2D eigenvalue weighted by Gasteiger charge is 2.36. The number of aryl methyl sites for hydroxylation is 1. The Kier molecular flexibility index (Phi) is 6.58. The Hall–Kier alpha value is -1.03. The van der Waals surface area contributed by atoms with Crippen molar-refractivity contribution >= 4 is 56.0 Å². The number of ether oxygens (including phenoxy) is 1. The Morgan fingerprint density at radius 3 is 2.86 bits per heavy atom. The number of likely N-dealkylation sites (N-methyl/N-ethyl adjacent to an activating group) is 1. The number of amides is 2. The number of thioether (sulfide) groups is 1. The molecule has 2 atom stereocenters. The van der Waals surface area contributed by atoms with E-state index >= 15 is 0 Å². The van der Waals surface area contributed by atoms with Crippen molar-refractivity contribution in [3.8, 4) is 0 Å². The predicted molar refractivity (Wildman–Crippen MR) is 122 cm³/mol. The van der Waals surface area contributed by atoms with Crippen LogP contribution in [0.2, 0.25) is 0 Å². The molecule has 0 spiro atoms. The minimum absolute atomic E-state index is 0.263. The van der Waals surface area contributed by atoms with E-state index in [1.54, 1.807) is 0 Å². The second-order valence-corrected chi connectivity index (χ2v) is 11.7. The number of anilines is 1. The van der Waals surface area contributed by atoms with Crippen LogP contribution in [0.4, 0.5) is 9.80 Å². The zero-order valence-corrected chi connectivity index (χ0v) is 19.9. The number of hydrogen-bond donors (Lipinski definition) is 2. The zero-order chi connectivity index (χ0) is 20.5. The summed E-state index contributed by atoms with van der Waals surface area (Å²) in [4.78, 5) is 30.0. The number of carbonyl (C=O) groups is 2. The number of carbonyl (C=O) groups excluding carboxylic acids is 2. The van der Waals surface area contributed by atoms with Crippen LogP contribution in [0.25, 0.3) is 0 Å². The summed E-state index contributed by atoms with van der Waals surface area (Å²) in [6.07, 6.45) is 5.08. The first-order valence-corrected chi connectivity index (χ1v) is 12.6. The van der Waals surface area contributed by atoms with Crippen LogP contribution in [0.5, 0.6) is 0 Å². The van der Waals surface area contributed by atoms with Gasteiger partial charge in [-0.15, -0.1) is 23.1 Å². The normalized spacial score (nSPS) is 24.1. The van der Waals surface area contributed by atoms with Gasteiger partial charge in [0.2, 0.25) is 0 Å². The first kappa shape index (κ1) is 21.2. The molecule has 0 radical (unpaired) electrons. The van der Waals surface area contributed by atoms with Gasteiger partial charge in [0.15, 0.2) is 0 Å². The van der Waals surface area contributed by atoms with Crippen molar-refractivity contribution in [1.82, 2.24) is 10.2 Å². The molecule has 29 heavy (non-hydrogen) atoms. The van der Waals surface area contributed by atoms with Gasteiger partial charge in [-0.3, -0.25) is 5.32 Å². The van der Waals surface area contributed by atoms with E-state index in [2.05, 4.69) is 38.5 Å². The molecule has 1 aromatic rings. The van der Waals surface area contributed by atoms with Crippen LogP contribution < -0.4 is 10.6 Å². The predicted octanol–water partition coefficient (Wildman–Crippen LogP) is 4.21. The molecular weight excluding hydrogens is 474 g/mol. The molecule has 9 heteroatoms. The fourth-order valence-electron chi connectivity index (χ4n) is 4.30. The molecule has 0 bridgehead atoms. The summed E-state index contributed by atoms with van der Waals surface area (Å²) < 4.78 is 5.27. The van der Waals surface area contributed by atoms with Crippen LogP contribution in [-0.4, -0.2) is 54.9 Å². The smallest absolute Gasteiger partial charge is 0.341 e. The molecular formula is C20H26BrN3O3S2. The molecule has 1 aliphatic carbocycles. The lowest BCUT2D eigenvalue weighted by molar-refractivity contribution is 0.0601. The number of thiophene rings is 1. The van der Waals surface area contributed by atoms with Crippen LogP contribution in [0.15, 0.2) is 10.5 Å². The van der Waals surface area contributed by atoms with Crippen molar-refractivity contribution in [3.05, 3.63) is 26.5 Å². The van der Waals surface area contributed by atoms with Crippen LogP contribution in [0.3, 0.4) is 0 Å². The molecule has 2 amide bonds. The average molecular weight is 500 g/mol. The highest BCUT2D eigenvalue weighted by molar-refractivity contribution is 9.11. The molecule has 1 aromatic heterocycles. The van der Waals surface area contributed by atoms with Crippen molar-refractivity contribution in [3.63, 3.8) is 0 Å². The second kappa shape index (κ2) is 8.99. The third-order valence-electron chi connectivity index (χ3n) is 5.82. The first-order valence-electron chi connectivity index (χ1n) is 9.96. The molecule has 158 valence electrons. The first-order chi connectivity index (χ1) is 14.0. The van der Waals surface area contributed by atoms with Gasteiger partial charge in [-0.2, -0.15) is 0 Å². The Bertz CT molecular complexity index is 854. The van der Waals surface area contributed by atoms with Gasteiger partial charge in [-0.05, 0) is 49.6 Å². The SMILES string of the molecule is COC(=O)c1c(NC(=O)NCC2C3=C(CN(C)CC3)SC2Br)sc2c1CCCC2. The number of nitrogens with one attached hydrogen (secondary N) is 2. The lowest BCUT2D eigenvalue weighted by Crippen LogP contribution is -2.36. The third-order valence-corrected chi connectivity index (χ3v) is 9.46. The number of nitrogens with zero attached hydrogens (tertiary/aromatic N) is 1. The van der Waals surface area contributed by atoms with Gasteiger partial charge in [-0.25, -0.2) is 9.59 Å². The van der Waals surface area contributed by atoms with Crippen LogP contribution in [-0.2, 0) is 17.6 Å². The topological polar surface area (TPSA) is 70.7 Å². The van der Waals surface area contributed by atoms with E-state index in [4.69, 9.17) is 4.74 Å². The number of alkyl halides is 1. The summed E-state index contributed by atoms with van der Waals surface area (Å²) in [6.45, 7) is 2.63. The van der Waals surface area contributed by atoms with E-state index in [0.717, 1.165) is 50.8 Å². The van der Waals surface area contributed by atoms with Crippen molar-refractivity contribution in [1.29, 1.82) is 0 Å². The lowest BCUT2D eigenvalue weighted by atomic mass is 9.95. The molecule has 0 aromatic carbocycles. The van der Waals surface area contributed by atoms with Gasteiger partial charge >= 0.3 is 12.0 Å². The second-order valence-electron chi connectivity index (χ2n) is 7.75. The summed E-state index contributed by atoms with van der Waals surface area (Å²) in [7, 11) is 3.53. The Morgan fingerprint density at radius 1 is 1.28 bits per heavy atom. The molecule has 0 saturated heterocycles. The van der Waals surface area contributed by atoms with Crippen LogP contribution in [0, 0.1) is 5.92 Å². The average Bonchev–Trinajstić information content (AvgIpc) is 3.21. The van der Waals surface area contributed by atoms with Crippen LogP contribution in [0.1, 0.15) is 40.1 Å². The van der Waals surface area contributed by atoms with Gasteiger partial charge in [0.25, 0.3) is 0 Å². The van der Waals surface area contributed by atoms with E-state index in [1.165, 1.54) is 33.8 Å². The summed E-state index contributed by atoms with van der Waals surface area (Å²) >= 11 is 7.16. The largest absolute Gasteiger partial charge is 0.465 e. The number of methoxy groups -OCH3 is 1. The highest BCUT2D eigenvalue weighted by Crippen LogP contribution is 2.48. The molecule has 2 aliphatic heterocycles. The highest BCUT2D eigenvalue weighted by atomic mass is 79.9. The number of urea groups is 1. The summed E-state index contributed by atoms with van der Waals surface area (Å²) in [6, 6.07) is -0.263. The summed E-state index contributed by atoms with van der Waals surface area (Å²) in [5.41, 5.74) is 3.06. The van der Waals surface area contributed by atoms with Gasteiger partial charge in [0, 0.05) is 30.4 Å².